The van der Waals surface area contributed by atoms with Crippen molar-refractivity contribution >= 4 is 11.8 Å². The summed E-state index contributed by atoms with van der Waals surface area (Å²) >= 11 is 0. The molecule has 1 atom stereocenters. The van der Waals surface area contributed by atoms with Gasteiger partial charge in [-0.25, -0.2) is 0 Å². The van der Waals surface area contributed by atoms with Crippen LogP contribution in [0, 0.1) is 5.92 Å². The van der Waals surface area contributed by atoms with Crippen molar-refractivity contribution in [3.05, 3.63) is 41.9 Å². The molecule has 1 unspecified atom stereocenters. The largest absolute Gasteiger partial charge is 0.352 e. The second-order valence-electron chi connectivity index (χ2n) is 6.94. The van der Waals surface area contributed by atoms with Crippen LogP contribution in [0.5, 0.6) is 0 Å². The Morgan fingerprint density at radius 2 is 2.12 bits per heavy atom. The van der Waals surface area contributed by atoms with Crippen molar-refractivity contribution in [1.29, 1.82) is 0 Å². The van der Waals surface area contributed by atoms with Crippen LogP contribution in [0.4, 0.5) is 0 Å². The normalized spacial score (nSPS) is 19.8. The maximum absolute atomic E-state index is 12.6. The Morgan fingerprint density at radius 3 is 2.96 bits per heavy atom. The molecule has 1 N–H and O–H groups in total. The topological polar surface area (TPSA) is 62.3 Å². The van der Waals surface area contributed by atoms with Crippen LogP contribution in [0.15, 0.2) is 36.3 Å². The van der Waals surface area contributed by atoms with E-state index in [-0.39, 0.29) is 11.8 Å². The Hall–Kier alpha value is -2.17. The van der Waals surface area contributed by atoms with E-state index < -0.39 is 0 Å². The van der Waals surface area contributed by atoms with E-state index >= 15 is 0 Å². The van der Waals surface area contributed by atoms with Crippen LogP contribution in [0.1, 0.15) is 56.9 Å². The first-order valence-electron chi connectivity index (χ1n) is 9.40. The van der Waals surface area contributed by atoms with Crippen molar-refractivity contribution in [2.45, 2.75) is 57.9 Å². The number of rotatable bonds is 6. The number of aromatic nitrogens is 1. The van der Waals surface area contributed by atoms with Gasteiger partial charge in [-0.05, 0) is 56.1 Å². The van der Waals surface area contributed by atoms with Gasteiger partial charge in [0.05, 0.1) is 0 Å². The molecule has 0 saturated carbocycles. The molecule has 1 aromatic rings. The fourth-order valence-electron chi connectivity index (χ4n) is 3.77. The first-order chi connectivity index (χ1) is 12.2. The Balaban J connectivity index is 1.40. The fourth-order valence-corrected chi connectivity index (χ4v) is 3.77. The maximum atomic E-state index is 12.6. The lowest BCUT2D eigenvalue weighted by Gasteiger charge is -2.38. The number of allylic oxidation sites excluding steroid dienone is 2. The number of fused-ring (bicyclic) bond motifs is 1. The summed E-state index contributed by atoms with van der Waals surface area (Å²) in [6.45, 7) is 1.33. The number of nitrogens with zero attached hydrogens (tertiary/aromatic N) is 2. The van der Waals surface area contributed by atoms with Crippen molar-refractivity contribution in [3.8, 4) is 0 Å². The second kappa shape index (κ2) is 8.79. The second-order valence-corrected chi connectivity index (χ2v) is 6.94. The molecule has 0 aromatic carbocycles. The average molecular weight is 341 g/mol. The van der Waals surface area contributed by atoms with Gasteiger partial charge in [0.25, 0.3) is 0 Å². The smallest absolute Gasteiger partial charge is 0.226 e. The Labute approximate surface area is 149 Å². The summed E-state index contributed by atoms with van der Waals surface area (Å²) in [5.74, 6) is 0.747. The number of piperidine rings is 1. The van der Waals surface area contributed by atoms with Gasteiger partial charge < -0.3 is 10.2 Å². The molecule has 1 aliphatic heterocycles. The molecule has 5 heteroatoms. The van der Waals surface area contributed by atoms with Gasteiger partial charge in [-0.3, -0.25) is 14.6 Å². The van der Waals surface area contributed by atoms with Crippen LogP contribution >= 0.6 is 0 Å². The number of likely N-dealkylation sites (tertiary alicyclic amines) is 1. The summed E-state index contributed by atoms with van der Waals surface area (Å²) in [6.07, 6.45) is 13.0. The number of nitrogens with one attached hydrogen (secondary N) is 1. The SMILES string of the molecule is O=C(CCCC(=O)N1CCCC2CCCC=C21)NCc1cccnc1. The monoisotopic (exact) mass is 341 g/mol. The van der Waals surface area contributed by atoms with Gasteiger partial charge in [0.1, 0.15) is 0 Å². The van der Waals surface area contributed by atoms with Crippen molar-refractivity contribution in [3.63, 3.8) is 0 Å². The molecule has 0 bridgehead atoms. The number of hydrogen-bond acceptors (Lipinski definition) is 3. The zero-order valence-corrected chi connectivity index (χ0v) is 14.7. The van der Waals surface area contributed by atoms with Crippen LogP contribution in [-0.4, -0.2) is 28.2 Å². The van der Waals surface area contributed by atoms with Gasteiger partial charge >= 0.3 is 0 Å². The van der Waals surface area contributed by atoms with Gasteiger partial charge in [-0.2, -0.15) is 0 Å². The van der Waals surface area contributed by atoms with Crippen molar-refractivity contribution in [1.82, 2.24) is 15.2 Å². The molecule has 134 valence electrons. The summed E-state index contributed by atoms with van der Waals surface area (Å²) in [5.41, 5.74) is 2.24. The molecule has 25 heavy (non-hydrogen) atoms. The van der Waals surface area contributed by atoms with Gasteiger partial charge in [0.15, 0.2) is 0 Å². The zero-order chi connectivity index (χ0) is 17.5. The Morgan fingerprint density at radius 1 is 1.24 bits per heavy atom. The maximum Gasteiger partial charge on any atom is 0.226 e. The Kier molecular flexibility index (Phi) is 6.20. The third-order valence-electron chi connectivity index (χ3n) is 5.08. The lowest BCUT2D eigenvalue weighted by atomic mass is 9.85. The fraction of sp³-hybridized carbons (Fsp3) is 0.550. The molecule has 1 aromatic heterocycles. The number of amides is 2. The lowest BCUT2D eigenvalue weighted by Crippen LogP contribution is -2.39. The predicted octanol–water partition coefficient (Wildman–Crippen LogP) is 3.17. The van der Waals surface area contributed by atoms with E-state index in [9.17, 15) is 9.59 Å². The van der Waals surface area contributed by atoms with Crippen LogP contribution in [0.25, 0.3) is 0 Å². The first-order valence-corrected chi connectivity index (χ1v) is 9.40. The minimum absolute atomic E-state index is 0.00921. The molecule has 1 saturated heterocycles. The van der Waals surface area contributed by atoms with E-state index in [1.165, 1.54) is 25.0 Å². The molecule has 0 spiro atoms. The summed E-state index contributed by atoms with van der Waals surface area (Å²) in [6, 6.07) is 3.79. The van der Waals surface area contributed by atoms with Crippen molar-refractivity contribution < 1.29 is 9.59 Å². The molecule has 1 aliphatic carbocycles. The Bertz CT molecular complexity index is 627. The summed E-state index contributed by atoms with van der Waals surface area (Å²) in [7, 11) is 0. The lowest BCUT2D eigenvalue weighted by molar-refractivity contribution is -0.130. The van der Waals surface area contributed by atoms with E-state index in [1.807, 2.05) is 17.0 Å². The van der Waals surface area contributed by atoms with Crippen LogP contribution in [-0.2, 0) is 16.1 Å². The number of carbonyl (C=O) groups is 2. The van der Waals surface area contributed by atoms with Crippen LogP contribution in [0.2, 0.25) is 0 Å². The molecule has 3 rings (SSSR count). The van der Waals surface area contributed by atoms with Crippen LogP contribution in [0.3, 0.4) is 0 Å². The molecule has 5 nitrogen and oxygen atoms in total. The number of carbonyl (C=O) groups excluding carboxylic acids is 2. The molecule has 2 heterocycles. The zero-order valence-electron chi connectivity index (χ0n) is 14.7. The van der Waals surface area contributed by atoms with E-state index in [1.54, 1.807) is 12.4 Å². The molecular formula is C20H27N3O2. The summed E-state index contributed by atoms with van der Waals surface area (Å²) in [5, 5.41) is 2.88. The number of pyridine rings is 1. The standard InChI is InChI=1S/C20H27N3O2/c24-19(22-15-16-6-4-12-21-14-16)10-3-11-20(25)23-13-5-8-17-7-1-2-9-18(17)23/h4,6,9,12,14,17H,1-3,5,7-8,10-11,13,15H2,(H,22,24). The molecule has 0 radical (unpaired) electrons. The van der Waals surface area contributed by atoms with Crippen LogP contribution < -0.4 is 5.32 Å². The van der Waals surface area contributed by atoms with Gasteiger partial charge in [0.2, 0.25) is 11.8 Å². The molecular weight excluding hydrogens is 314 g/mol. The van der Waals surface area contributed by atoms with Gasteiger partial charge in [0, 0.05) is 44.0 Å². The molecule has 2 aliphatic rings. The molecule has 2 amide bonds. The van der Waals surface area contributed by atoms with E-state index in [4.69, 9.17) is 0 Å². The third kappa shape index (κ3) is 4.91. The van der Waals surface area contributed by atoms with E-state index in [2.05, 4.69) is 16.4 Å². The van der Waals surface area contributed by atoms with E-state index in [0.29, 0.717) is 31.7 Å². The highest BCUT2D eigenvalue weighted by molar-refractivity contribution is 5.80. The highest BCUT2D eigenvalue weighted by atomic mass is 16.2. The minimum Gasteiger partial charge on any atom is -0.352 e. The first kappa shape index (κ1) is 17.6. The number of hydrogen-bond donors (Lipinski definition) is 1. The van der Waals surface area contributed by atoms with Crippen molar-refractivity contribution in [2.24, 2.45) is 5.92 Å². The predicted molar refractivity (Wildman–Crippen MR) is 96.3 cm³/mol. The average Bonchev–Trinajstić information content (AvgIpc) is 2.66. The quantitative estimate of drug-likeness (QED) is 0.864. The van der Waals surface area contributed by atoms with Gasteiger partial charge in [-0.15, -0.1) is 0 Å². The van der Waals surface area contributed by atoms with Crippen molar-refractivity contribution in [2.75, 3.05) is 6.54 Å². The highest BCUT2D eigenvalue weighted by Gasteiger charge is 2.29. The summed E-state index contributed by atoms with van der Waals surface area (Å²) in [4.78, 5) is 30.5. The highest BCUT2D eigenvalue weighted by Crippen LogP contribution is 2.35. The minimum atomic E-state index is -0.00921. The third-order valence-corrected chi connectivity index (χ3v) is 5.08. The summed E-state index contributed by atoms with van der Waals surface area (Å²) < 4.78 is 0. The van der Waals surface area contributed by atoms with E-state index in [0.717, 1.165) is 24.9 Å². The molecule has 1 fully saturated rings. The van der Waals surface area contributed by atoms with Gasteiger partial charge in [-0.1, -0.05) is 12.1 Å².